The highest BCUT2D eigenvalue weighted by Gasteiger charge is 2.47. The number of carbonyl (C=O) groups excluding carboxylic acids is 2. The van der Waals surface area contributed by atoms with Crippen molar-refractivity contribution in [2.45, 2.75) is 31.5 Å². The predicted molar refractivity (Wildman–Crippen MR) is 134 cm³/mol. The lowest BCUT2D eigenvalue weighted by Crippen LogP contribution is -2.48. The van der Waals surface area contributed by atoms with Gasteiger partial charge in [0.25, 0.3) is 0 Å². The first-order valence-corrected chi connectivity index (χ1v) is 12.3. The van der Waals surface area contributed by atoms with Gasteiger partial charge < -0.3 is 14.9 Å². The van der Waals surface area contributed by atoms with Gasteiger partial charge in [-0.15, -0.1) is 5.06 Å². The van der Waals surface area contributed by atoms with Crippen molar-refractivity contribution in [1.29, 1.82) is 0 Å². The molecule has 2 saturated heterocycles. The average Bonchev–Trinajstić information content (AvgIpc) is 3.15. The fraction of sp³-hybridized carbons (Fsp3) is 0.308. The molecular formula is C26H25Cl2N3O4. The number of piperidine rings is 1. The molecule has 2 aliphatic heterocycles. The van der Waals surface area contributed by atoms with E-state index in [-0.39, 0.29) is 12.6 Å². The largest absolute Gasteiger partial charge is 0.441 e. The standard InChI is InChI=1S/C26H25Cl2N3O4/c27-22-8-6-18(14-23(22)28)15-29-24(32)35-31-11-9-26(10-12-31)17-30(25(33)34-26)16-19-5-7-20-3-1-2-4-21(20)13-19/h1-8,13-14H,9-12,15-17H2,(H,29,32). The number of hydrogen-bond donors (Lipinski definition) is 1. The number of ether oxygens (including phenoxy) is 1. The Balaban J connectivity index is 1.11. The van der Waals surface area contributed by atoms with E-state index in [1.165, 1.54) is 5.39 Å². The zero-order valence-electron chi connectivity index (χ0n) is 19.0. The van der Waals surface area contributed by atoms with Crippen LogP contribution in [0.1, 0.15) is 24.0 Å². The van der Waals surface area contributed by atoms with Crippen molar-refractivity contribution in [3.05, 3.63) is 81.8 Å². The monoisotopic (exact) mass is 513 g/mol. The van der Waals surface area contributed by atoms with Crippen LogP contribution in [-0.2, 0) is 22.7 Å². The molecule has 0 saturated carbocycles. The summed E-state index contributed by atoms with van der Waals surface area (Å²) < 4.78 is 5.82. The first kappa shape index (κ1) is 23.7. The van der Waals surface area contributed by atoms with E-state index in [9.17, 15) is 9.59 Å². The fourth-order valence-electron chi connectivity index (χ4n) is 4.59. The van der Waals surface area contributed by atoms with E-state index in [4.69, 9.17) is 32.8 Å². The SMILES string of the molecule is O=C(NCc1ccc(Cl)c(Cl)c1)ON1CCC2(CC1)CN(Cc1ccc3ccccc3c1)C(=O)O2. The van der Waals surface area contributed by atoms with E-state index in [0.29, 0.717) is 49.1 Å². The van der Waals surface area contributed by atoms with Crippen LogP contribution in [0.3, 0.4) is 0 Å². The molecule has 2 heterocycles. The van der Waals surface area contributed by atoms with E-state index in [1.54, 1.807) is 28.2 Å². The van der Waals surface area contributed by atoms with Gasteiger partial charge in [-0.2, -0.15) is 0 Å². The van der Waals surface area contributed by atoms with Crippen LogP contribution in [0.4, 0.5) is 9.59 Å². The van der Waals surface area contributed by atoms with Gasteiger partial charge >= 0.3 is 12.2 Å². The van der Waals surface area contributed by atoms with Crippen molar-refractivity contribution in [3.8, 4) is 0 Å². The lowest BCUT2D eigenvalue weighted by Gasteiger charge is -2.36. The van der Waals surface area contributed by atoms with Crippen LogP contribution in [0.15, 0.2) is 60.7 Å². The number of rotatable bonds is 5. The summed E-state index contributed by atoms with van der Waals surface area (Å²) in [6.07, 6.45) is 0.334. The van der Waals surface area contributed by atoms with Crippen LogP contribution >= 0.6 is 23.2 Å². The molecule has 1 N–H and O–H groups in total. The Kier molecular flexibility index (Phi) is 6.73. The topological polar surface area (TPSA) is 71.1 Å². The van der Waals surface area contributed by atoms with Gasteiger partial charge in [0.15, 0.2) is 0 Å². The van der Waals surface area contributed by atoms with Crippen molar-refractivity contribution < 1.29 is 19.2 Å². The maximum absolute atomic E-state index is 12.6. The van der Waals surface area contributed by atoms with Crippen LogP contribution in [0.5, 0.6) is 0 Å². The molecule has 0 aliphatic carbocycles. The minimum absolute atomic E-state index is 0.273. The highest BCUT2D eigenvalue weighted by atomic mass is 35.5. The first-order chi connectivity index (χ1) is 16.9. The fourth-order valence-corrected chi connectivity index (χ4v) is 4.91. The van der Waals surface area contributed by atoms with E-state index in [0.717, 1.165) is 16.5 Å². The summed E-state index contributed by atoms with van der Waals surface area (Å²) >= 11 is 11.9. The van der Waals surface area contributed by atoms with Crippen LogP contribution in [0.25, 0.3) is 10.8 Å². The lowest BCUT2D eigenvalue weighted by molar-refractivity contribution is -0.142. The molecule has 0 bridgehead atoms. The third kappa shape index (κ3) is 5.48. The summed E-state index contributed by atoms with van der Waals surface area (Å²) in [5.74, 6) is 0. The minimum Gasteiger partial charge on any atom is -0.441 e. The normalized spacial score (nSPS) is 17.5. The third-order valence-corrected chi connectivity index (χ3v) is 7.23. The summed E-state index contributed by atoms with van der Waals surface area (Å²) in [5, 5.41) is 7.53. The number of hydroxylamine groups is 2. The van der Waals surface area contributed by atoms with Gasteiger partial charge in [-0.3, -0.25) is 4.90 Å². The zero-order chi connectivity index (χ0) is 24.4. The van der Waals surface area contributed by atoms with Crippen LogP contribution < -0.4 is 5.32 Å². The Morgan fingerprint density at radius 1 is 0.971 bits per heavy atom. The van der Waals surface area contributed by atoms with Crippen LogP contribution in [0.2, 0.25) is 10.0 Å². The molecule has 35 heavy (non-hydrogen) atoms. The van der Waals surface area contributed by atoms with Gasteiger partial charge in [-0.1, -0.05) is 65.7 Å². The number of hydrogen-bond acceptors (Lipinski definition) is 5. The lowest BCUT2D eigenvalue weighted by atomic mass is 9.92. The second-order valence-corrected chi connectivity index (χ2v) is 9.81. The minimum atomic E-state index is -0.551. The molecule has 0 radical (unpaired) electrons. The van der Waals surface area contributed by atoms with Gasteiger partial charge in [0.2, 0.25) is 0 Å². The molecule has 182 valence electrons. The van der Waals surface area contributed by atoms with Gasteiger partial charge in [0.05, 0.1) is 16.6 Å². The smallest absolute Gasteiger partial charge is 0.426 e. The summed E-state index contributed by atoms with van der Waals surface area (Å²) in [4.78, 5) is 32.0. The number of fused-ring (bicyclic) bond motifs is 1. The molecule has 0 aromatic heterocycles. The molecule has 2 aliphatic rings. The Morgan fingerprint density at radius 2 is 1.71 bits per heavy atom. The molecule has 7 nitrogen and oxygen atoms in total. The Labute approximate surface area is 213 Å². The van der Waals surface area contributed by atoms with E-state index >= 15 is 0 Å². The second kappa shape index (κ2) is 9.93. The van der Waals surface area contributed by atoms with Gasteiger partial charge in [-0.25, -0.2) is 9.59 Å². The van der Waals surface area contributed by atoms with Crippen molar-refractivity contribution in [2.75, 3.05) is 19.6 Å². The molecule has 9 heteroatoms. The van der Waals surface area contributed by atoms with Gasteiger partial charge in [-0.05, 0) is 40.1 Å². The molecule has 1 spiro atoms. The summed E-state index contributed by atoms with van der Waals surface area (Å²) in [7, 11) is 0. The zero-order valence-corrected chi connectivity index (χ0v) is 20.5. The van der Waals surface area contributed by atoms with E-state index in [2.05, 4.69) is 29.6 Å². The Bertz CT molecular complexity index is 1260. The number of benzene rings is 3. The summed E-state index contributed by atoms with van der Waals surface area (Å²) in [6.45, 7) is 2.27. The molecule has 5 rings (SSSR count). The van der Waals surface area contributed by atoms with E-state index in [1.807, 2.05) is 18.2 Å². The predicted octanol–water partition coefficient (Wildman–Crippen LogP) is 5.77. The molecule has 2 fully saturated rings. The highest BCUT2D eigenvalue weighted by molar-refractivity contribution is 6.42. The first-order valence-electron chi connectivity index (χ1n) is 11.5. The molecule has 3 aromatic carbocycles. The number of nitrogens with one attached hydrogen (secondary N) is 1. The van der Waals surface area contributed by atoms with Gasteiger partial charge in [0.1, 0.15) is 5.60 Å². The Hall–Kier alpha value is -3.00. The molecule has 0 atom stereocenters. The average molecular weight is 514 g/mol. The highest BCUT2D eigenvalue weighted by Crippen LogP contribution is 2.34. The summed E-state index contributed by atoms with van der Waals surface area (Å²) in [5.41, 5.74) is 1.33. The van der Waals surface area contributed by atoms with Crippen LogP contribution in [0, 0.1) is 0 Å². The number of halogens is 2. The van der Waals surface area contributed by atoms with Gasteiger partial charge in [0, 0.05) is 39.0 Å². The van der Waals surface area contributed by atoms with E-state index < -0.39 is 11.7 Å². The molecule has 2 amide bonds. The third-order valence-electron chi connectivity index (χ3n) is 6.49. The molecular weight excluding hydrogens is 489 g/mol. The maximum Gasteiger partial charge on any atom is 0.426 e. The second-order valence-electron chi connectivity index (χ2n) is 9.00. The van der Waals surface area contributed by atoms with Crippen molar-refractivity contribution >= 4 is 46.2 Å². The number of nitrogens with zero attached hydrogens (tertiary/aromatic N) is 2. The van der Waals surface area contributed by atoms with Crippen molar-refractivity contribution in [2.24, 2.45) is 0 Å². The Morgan fingerprint density at radius 3 is 2.49 bits per heavy atom. The van der Waals surface area contributed by atoms with Crippen molar-refractivity contribution in [1.82, 2.24) is 15.3 Å². The maximum atomic E-state index is 12.6. The molecule has 3 aromatic rings. The number of amides is 2. The summed E-state index contributed by atoms with van der Waals surface area (Å²) in [6, 6.07) is 19.6. The molecule has 0 unspecified atom stereocenters. The number of carbonyl (C=O) groups is 2. The quantitative estimate of drug-likeness (QED) is 0.468. The van der Waals surface area contributed by atoms with Crippen molar-refractivity contribution in [3.63, 3.8) is 0 Å². The van der Waals surface area contributed by atoms with Crippen LogP contribution in [-0.4, -0.2) is 47.4 Å².